The van der Waals surface area contributed by atoms with Gasteiger partial charge in [0.15, 0.2) is 6.10 Å². The quantitative estimate of drug-likeness (QED) is 0.396. The van der Waals surface area contributed by atoms with Gasteiger partial charge < -0.3 is 15.0 Å². The largest absolute Gasteiger partial charge is 0.452 e. The van der Waals surface area contributed by atoms with Gasteiger partial charge >= 0.3 is 5.97 Å². The van der Waals surface area contributed by atoms with Gasteiger partial charge in [-0.1, -0.05) is 42.5 Å². The Morgan fingerprint density at radius 1 is 1.13 bits per heavy atom. The van der Waals surface area contributed by atoms with Crippen LogP contribution in [0.5, 0.6) is 0 Å². The van der Waals surface area contributed by atoms with Crippen LogP contribution in [0.3, 0.4) is 0 Å². The third-order valence-electron chi connectivity index (χ3n) is 5.47. The van der Waals surface area contributed by atoms with Crippen molar-refractivity contribution in [3.05, 3.63) is 70.3 Å². The number of benzene rings is 2. The van der Waals surface area contributed by atoms with Crippen LogP contribution in [-0.4, -0.2) is 42.5 Å². The molecule has 8 nitrogen and oxygen atoms in total. The van der Waals surface area contributed by atoms with Gasteiger partial charge in [-0.3, -0.25) is 19.7 Å². The van der Waals surface area contributed by atoms with Gasteiger partial charge in [-0.05, 0) is 37.8 Å². The molecule has 0 saturated carbocycles. The molecule has 31 heavy (non-hydrogen) atoms. The average Bonchev–Trinajstić information content (AvgIpc) is 2.79. The number of hydrogen-bond acceptors (Lipinski definition) is 6. The summed E-state index contributed by atoms with van der Waals surface area (Å²) in [5.41, 5.74) is 1.74. The first-order valence-corrected chi connectivity index (χ1v) is 10.5. The molecule has 0 radical (unpaired) electrons. The zero-order chi connectivity index (χ0) is 22.2. The molecule has 8 heteroatoms. The summed E-state index contributed by atoms with van der Waals surface area (Å²) in [4.78, 5) is 37.5. The molecule has 1 heterocycles. The number of ether oxygens (including phenoxy) is 1. The van der Waals surface area contributed by atoms with Crippen LogP contribution < -0.4 is 10.2 Å². The van der Waals surface area contributed by atoms with E-state index in [1.54, 1.807) is 25.1 Å². The highest BCUT2D eigenvalue weighted by Crippen LogP contribution is 2.31. The number of amides is 1. The summed E-state index contributed by atoms with van der Waals surface area (Å²) in [7, 11) is 0. The number of para-hydroxylation sites is 2. The summed E-state index contributed by atoms with van der Waals surface area (Å²) in [5, 5.41) is 14.0. The Morgan fingerprint density at radius 3 is 2.45 bits per heavy atom. The lowest BCUT2D eigenvalue weighted by Crippen LogP contribution is -2.41. The van der Waals surface area contributed by atoms with E-state index in [1.807, 2.05) is 35.2 Å². The lowest BCUT2D eigenvalue weighted by molar-refractivity contribution is -0.384. The lowest BCUT2D eigenvalue weighted by Gasteiger charge is -2.32. The van der Waals surface area contributed by atoms with Crippen molar-refractivity contribution in [2.75, 3.05) is 24.5 Å². The van der Waals surface area contributed by atoms with E-state index in [0.29, 0.717) is 44.6 Å². The second kappa shape index (κ2) is 10.6. The normalized spacial score (nSPS) is 15.2. The first kappa shape index (κ1) is 22.3. The SMILES string of the molecule is C[C@@H](OC(=O)C1CCN(c2ccccc2[N+](=O)[O-])CC1)C(=O)NCCc1ccccc1. The summed E-state index contributed by atoms with van der Waals surface area (Å²) < 4.78 is 5.38. The Labute approximate surface area is 181 Å². The highest BCUT2D eigenvalue weighted by molar-refractivity contribution is 5.84. The minimum absolute atomic E-state index is 0.0596. The molecule has 0 unspecified atom stereocenters. The van der Waals surface area contributed by atoms with Gasteiger partial charge in [0, 0.05) is 25.7 Å². The minimum atomic E-state index is -0.864. The highest BCUT2D eigenvalue weighted by atomic mass is 16.6. The van der Waals surface area contributed by atoms with Crippen LogP contribution >= 0.6 is 0 Å². The first-order chi connectivity index (χ1) is 15.0. The number of carbonyl (C=O) groups excluding carboxylic acids is 2. The van der Waals surface area contributed by atoms with E-state index in [9.17, 15) is 19.7 Å². The highest BCUT2D eigenvalue weighted by Gasteiger charge is 2.30. The number of hydrogen-bond donors (Lipinski definition) is 1. The van der Waals surface area contributed by atoms with Gasteiger partial charge in [0.05, 0.1) is 10.8 Å². The predicted molar refractivity (Wildman–Crippen MR) is 117 cm³/mol. The van der Waals surface area contributed by atoms with Gasteiger partial charge in [-0.25, -0.2) is 0 Å². The molecule has 1 N–H and O–H groups in total. The van der Waals surface area contributed by atoms with Crippen LogP contribution in [-0.2, 0) is 20.7 Å². The van der Waals surface area contributed by atoms with Crippen LogP contribution in [0.4, 0.5) is 11.4 Å². The van der Waals surface area contributed by atoms with Gasteiger partial charge in [0.2, 0.25) is 0 Å². The molecule has 1 aliphatic rings. The fourth-order valence-electron chi connectivity index (χ4n) is 3.68. The lowest BCUT2D eigenvalue weighted by atomic mass is 9.96. The number of anilines is 1. The predicted octanol–water partition coefficient (Wildman–Crippen LogP) is 3.10. The zero-order valence-electron chi connectivity index (χ0n) is 17.5. The van der Waals surface area contributed by atoms with Crippen LogP contribution in [0.1, 0.15) is 25.3 Å². The first-order valence-electron chi connectivity index (χ1n) is 10.5. The summed E-state index contributed by atoms with van der Waals surface area (Å²) in [6.45, 7) is 3.07. The van der Waals surface area contributed by atoms with Crippen LogP contribution in [0.2, 0.25) is 0 Å². The molecule has 1 amide bonds. The Bertz CT molecular complexity index is 910. The van der Waals surface area contributed by atoms with Gasteiger partial charge in [0.1, 0.15) is 5.69 Å². The van der Waals surface area contributed by atoms with E-state index in [1.165, 1.54) is 6.07 Å². The Balaban J connectivity index is 1.44. The molecule has 1 saturated heterocycles. The molecule has 1 atom stereocenters. The Hall–Kier alpha value is -3.42. The number of nitrogens with zero attached hydrogens (tertiary/aromatic N) is 2. The summed E-state index contributed by atoms with van der Waals surface area (Å²) in [6, 6.07) is 16.4. The van der Waals surface area contributed by atoms with E-state index in [2.05, 4.69) is 5.32 Å². The average molecular weight is 425 g/mol. The molecule has 0 aliphatic carbocycles. The van der Waals surface area contributed by atoms with Gasteiger partial charge in [-0.15, -0.1) is 0 Å². The third kappa shape index (κ3) is 6.04. The van der Waals surface area contributed by atoms with E-state index in [-0.39, 0.29) is 17.5 Å². The fraction of sp³-hybridized carbons (Fsp3) is 0.391. The van der Waals surface area contributed by atoms with Crippen molar-refractivity contribution < 1.29 is 19.2 Å². The minimum Gasteiger partial charge on any atom is -0.452 e. The second-order valence-electron chi connectivity index (χ2n) is 7.61. The van der Waals surface area contributed by atoms with Crippen molar-refractivity contribution in [1.82, 2.24) is 5.32 Å². The number of piperidine rings is 1. The second-order valence-corrected chi connectivity index (χ2v) is 7.61. The van der Waals surface area contributed by atoms with Crippen LogP contribution in [0.25, 0.3) is 0 Å². The topological polar surface area (TPSA) is 102 Å². The number of rotatable bonds is 8. The van der Waals surface area contributed by atoms with E-state index >= 15 is 0 Å². The number of nitro benzene ring substituents is 1. The molecule has 1 fully saturated rings. The third-order valence-corrected chi connectivity index (χ3v) is 5.47. The van der Waals surface area contributed by atoms with Crippen molar-refractivity contribution in [1.29, 1.82) is 0 Å². The van der Waals surface area contributed by atoms with Gasteiger partial charge in [-0.2, -0.15) is 0 Å². The molecule has 0 spiro atoms. The van der Waals surface area contributed by atoms with Crippen molar-refractivity contribution in [2.45, 2.75) is 32.3 Å². The van der Waals surface area contributed by atoms with Crippen molar-refractivity contribution in [2.24, 2.45) is 5.92 Å². The summed E-state index contributed by atoms with van der Waals surface area (Å²) in [5.74, 6) is -1.03. The molecule has 0 aromatic heterocycles. The maximum Gasteiger partial charge on any atom is 0.309 e. The monoisotopic (exact) mass is 425 g/mol. The maximum absolute atomic E-state index is 12.5. The molecular formula is C23H27N3O5. The smallest absolute Gasteiger partial charge is 0.309 e. The molecule has 2 aromatic rings. The number of nitro groups is 1. The van der Waals surface area contributed by atoms with E-state index < -0.39 is 17.0 Å². The number of carbonyl (C=O) groups is 2. The van der Waals surface area contributed by atoms with E-state index in [4.69, 9.17) is 4.74 Å². The number of esters is 1. The molecule has 2 aromatic carbocycles. The Morgan fingerprint density at radius 2 is 1.77 bits per heavy atom. The van der Waals surface area contributed by atoms with E-state index in [0.717, 1.165) is 5.56 Å². The standard InChI is InChI=1S/C23H27N3O5/c1-17(22(27)24-14-11-18-7-3-2-4-8-18)31-23(28)19-12-15-25(16-13-19)20-9-5-6-10-21(20)26(29)30/h2-10,17,19H,11-16H2,1H3,(H,24,27)/t17-/m1/s1. The summed E-state index contributed by atoms with van der Waals surface area (Å²) >= 11 is 0. The molecule has 0 bridgehead atoms. The van der Waals surface area contributed by atoms with Crippen molar-refractivity contribution >= 4 is 23.3 Å². The summed E-state index contributed by atoms with van der Waals surface area (Å²) in [6.07, 6.45) is 0.883. The van der Waals surface area contributed by atoms with Gasteiger partial charge in [0.25, 0.3) is 11.6 Å². The fourth-order valence-corrected chi connectivity index (χ4v) is 3.68. The van der Waals surface area contributed by atoms with Crippen molar-refractivity contribution in [3.63, 3.8) is 0 Å². The molecular weight excluding hydrogens is 398 g/mol. The van der Waals surface area contributed by atoms with Crippen LogP contribution in [0, 0.1) is 16.0 Å². The molecule has 1 aliphatic heterocycles. The maximum atomic E-state index is 12.5. The number of nitrogens with one attached hydrogen (secondary N) is 1. The molecule has 3 rings (SSSR count). The molecule has 164 valence electrons. The van der Waals surface area contributed by atoms with Crippen molar-refractivity contribution in [3.8, 4) is 0 Å². The Kier molecular flexibility index (Phi) is 7.59. The zero-order valence-corrected chi connectivity index (χ0v) is 17.5. The van der Waals surface area contributed by atoms with Crippen LogP contribution in [0.15, 0.2) is 54.6 Å².